The highest BCUT2D eigenvalue weighted by molar-refractivity contribution is 5.95. The number of nitrogens with one attached hydrogen (secondary N) is 3. The molecular weight excluding hydrogens is 336 g/mol. The molecule has 1 aromatic heterocycles. The number of hydrogen-bond donors (Lipinski definition) is 3. The summed E-state index contributed by atoms with van der Waals surface area (Å²) in [4.78, 5) is 13.0. The zero-order valence-electron chi connectivity index (χ0n) is 16.1. The zero-order valence-corrected chi connectivity index (χ0v) is 16.1. The number of amides is 1. The van der Waals surface area contributed by atoms with E-state index in [2.05, 4.69) is 65.0 Å². The van der Waals surface area contributed by atoms with E-state index >= 15 is 0 Å². The maximum Gasteiger partial charge on any atom is 0.233 e. The van der Waals surface area contributed by atoms with Crippen LogP contribution in [0.2, 0.25) is 0 Å². The van der Waals surface area contributed by atoms with Gasteiger partial charge in [-0.05, 0) is 48.4 Å². The number of aromatic nitrogens is 2. The number of H-pyrrole nitrogens is 1. The van der Waals surface area contributed by atoms with Crippen molar-refractivity contribution < 1.29 is 4.79 Å². The molecule has 1 fully saturated rings. The SMILES string of the molecule is CC(C)C(C(=O)Nc1cc(C2CC2)[nH]n1)c1cccc(C2=CCNCC2)c1. The molecule has 0 radical (unpaired) electrons. The molecule has 1 aliphatic heterocycles. The molecule has 1 saturated carbocycles. The summed E-state index contributed by atoms with van der Waals surface area (Å²) in [5.74, 6) is 1.23. The minimum atomic E-state index is -0.201. The van der Waals surface area contributed by atoms with Crippen LogP contribution in [0.1, 0.15) is 61.8 Å². The maximum atomic E-state index is 13.0. The maximum absolute atomic E-state index is 13.0. The van der Waals surface area contributed by atoms with Crippen molar-refractivity contribution in [3.63, 3.8) is 0 Å². The summed E-state index contributed by atoms with van der Waals surface area (Å²) in [6, 6.07) is 10.4. The summed E-state index contributed by atoms with van der Waals surface area (Å²) in [6.45, 7) is 6.12. The van der Waals surface area contributed by atoms with E-state index < -0.39 is 0 Å². The fourth-order valence-corrected chi connectivity index (χ4v) is 3.86. The lowest BCUT2D eigenvalue weighted by molar-refractivity contribution is -0.118. The van der Waals surface area contributed by atoms with Crippen molar-refractivity contribution in [1.29, 1.82) is 0 Å². The molecular formula is C22H28N4O. The van der Waals surface area contributed by atoms with Crippen molar-refractivity contribution in [3.8, 4) is 0 Å². The van der Waals surface area contributed by atoms with Gasteiger partial charge >= 0.3 is 0 Å². The van der Waals surface area contributed by atoms with Crippen LogP contribution in [0.15, 0.2) is 36.4 Å². The lowest BCUT2D eigenvalue weighted by Crippen LogP contribution is -2.25. The Balaban J connectivity index is 1.54. The van der Waals surface area contributed by atoms with Gasteiger partial charge in [0.1, 0.15) is 0 Å². The summed E-state index contributed by atoms with van der Waals surface area (Å²) < 4.78 is 0. The second-order valence-electron chi connectivity index (χ2n) is 8.00. The van der Waals surface area contributed by atoms with Crippen molar-refractivity contribution in [2.45, 2.75) is 44.9 Å². The molecule has 2 aliphatic rings. The molecule has 0 saturated heterocycles. The average Bonchev–Trinajstić information content (AvgIpc) is 3.42. The molecule has 142 valence electrons. The van der Waals surface area contributed by atoms with Gasteiger partial charge in [0.15, 0.2) is 5.82 Å². The summed E-state index contributed by atoms with van der Waals surface area (Å²) in [6.07, 6.45) is 5.69. The number of rotatable bonds is 6. The summed E-state index contributed by atoms with van der Waals surface area (Å²) in [5.41, 5.74) is 4.78. The first-order valence-electron chi connectivity index (χ1n) is 9.98. The van der Waals surface area contributed by atoms with E-state index in [1.54, 1.807) is 0 Å². The Morgan fingerprint density at radius 1 is 1.26 bits per heavy atom. The molecule has 0 bridgehead atoms. The Labute approximate surface area is 160 Å². The smallest absolute Gasteiger partial charge is 0.233 e. The second kappa shape index (κ2) is 7.69. The van der Waals surface area contributed by atoms with Crippen LogP contribution in [0.5, 0.6) is 0 Å². The summed E-state index contributed by atoms with van der Waals surface area (Å²) in [5, 5.41) is 13.7. The number of carbonyl (C=O) groups excluding carboxylic acids is 1. The van der Waals surface area contributed by atoms with Crippen LogP contribution in [0.3, 0.4) is 0 Å². The van der Waals surface area contributed by atoms with E-state index in [0.29, 0.717) is 11.7 Å². The van der Waals surface area contributed by atoms with Crippen molar-refractivity contribution in [2.24, 2.45) is 5.92 Å². The van der Waals surface area contributed by atoms with E-state index in [9.17, 15) is 4.79 Å². The summed E-state index contributed by atoms with van der Waals surface area (Å²) >= 11 is 0. The second-order valence-corrected chi connectivity index (χ2v) is 8.00. The van der Waals surface area contributed by atoms with E-state index in [0.717, 1.165) is 30.8 Å². The normalized spacial score (nSPS) is 18.3. The van der Waals surface area contributed by atoms with Crippen LogP contribution in [0.25, 0.3) is 5.57 Å². The minimum absolute atomic E-state index is 0.00953. The third-order valence-electron chi connectivity index (χ3n) is 5.50. The van der Waals surface area contributed by atoms with Gasteiger partial charge in [0.2, 0.25) is 5.91 Å². The van der Waals surface area contributed by atoms with Crippen molar-refractivity contribution in [2.75, 3.05) is 18.4 Å². The van der Waals surface area contributed by atoms with Crippen molar-refractivity contribution in [3.05, 3.63) is 53.2 Å². The highest BCUT2D eigenvalue weighted by atomic mass is 16.2. The Bertz CT molecular complexity index is 848. The van der Waals surface area contributed by atoms with Gasteiger partial charge in [-0.25, -0.2) is 0 Å². The molecule has 4 rings (SSSR count). The Morgan fingerprint density at radius 2 is 2.11 bits per heavy atom. The van der Waals surface area contributed by atoms with Gasteiger partial charge in [0.05, 0.1) is 5.92 Å². The molecule has 1 amide bonds. The molecule has 1 unspecified atom stereocenters. The Kier molecular flexibility index (Phi) is 5.12. The van der Waals surface area contributed by atoms with E-state index in [4.69, 9.17) is 0 Å². The molecule has 27 heavy (non-hydrogen) atoms. The van der Waals surface area contributed by atoms with Gasteiger partial charge in [0.25, 0.3) is 0 Å². The number of hydrogen-bond acceptors (Lipinski definition) is 3. The van der Waals surface area contributed by atoms with Crippen LogP contribution in [0.4, 0.5) is 5.82 Å². The predicted octanol–water partition coefficient (Wildman–Crippen LogP) is 4.04. The van der Waals surface area contributed by atoms with Gasteiger partial charge in [-0.1, -0.05) is 44.2 Å². The van der Waals surface area contributed by atoms with Crippen LogP contribution < -0.4 is 10.6 Å². The van der Waals surface area contributed by atoms with Gasteiger partial charge in [-0.2, -0.15) is 5.10 Å². The van der Waals surface area contributed by atoms with Crippen LogP contribution in [0, 0.1) is 5.92 Å². The first-order valence-corrected chi connectivity index (χ1v) is 9.98. The van der Waals surface area contributed by atoms with E-state index in [1.165, 1.54) is 24.0 Å². The highest BCUT2D eigenvalue weighted by Gasteiger charge is 2.28. The fraction of sp³-hybridized carbons (Fsp3) is 0.455. The molecule has 1 aliphatic carbocycles. The average molecular weight is 364 g/mol. The molecule has 2 aromatic rings. The van der Waals surface area contributed by atoms with Crippen LogP contribution >= 0.6 is 0 Å². The molecule has 1 atom stereocenters. The third-order valence-corrected chi connectivity index (χ3v) is 5.50. The number of carbonyl (C=O) groups is 1. The molecule has 3 N–H and O–H groups in total. The highest BCUT2D eigenvalue weighted by Crippen LogP contribution is 2.39. The lowest BCUT2D eigenvalue weighted by Gasteiger charge is -2.22. The Hall–Kier alpha value is -2.40. The first kappa shape index (κ1) is 18.0. The molecule has 1 aromatic carbocycles. The van der Waals surface area contributed by atoms with Gasteiger partial charge in [0, 0.05) is 24.2 Å². The zero-order chi connectivity index (χ0) is 18.8. The molecule has 0 spiro atoms. The lowest BCUT2D eigenvalue weighted by atomic mass is 9.85. The van der Waals surface area contributed by atoms with Crippen LogP contribution in [-0.2, 0) is 4.79 Å². The number of benzene rings is 1. The van der Waals surface area contributed by atoms with Gasteiger partial charge in [-0.3, -0.25) is 9.89 Å². The van der Waals surface area contributed by atoms with E-state index in [1.807, 2.05) is 6.07 Å². The van der Waals surface area contributed by atoms with Gasteiger partial charge < -0.3 is 10.6 Å². The fourth-order valence-electron chi connectivity index (χ4n) is 3.86. The Morgan fingerprint density at radius 3 is 2.81 bits per heavy atom. The minimum Gasteiger partial charge on any atom is -0.313 e. The quantitative estimate of drug-likeness (QED) is 0.724. The number of aromatic amines is 1. The predicted molar refractivity (Wildman–Crippen MR) is 109 cm³/mol. The van der Waals surface area contributed by atoms with Crippen molar-refractivity contribution >= 4 is 17.3 Å². The standard InChI is InChI=1S/C22H28N4O/c1-14(2)21(22(27)24-20-13-19(25-26-20)16-6-7-16)18-5-3-4-17(12-18)15-8-10-23-11-9-15/h3-5,8,12-14,16,21,23H,6-7,9-11H2,1-2H3,(H2,24,25,26,27). The summed E-state index contributed by atoms with van der Waals surface area (Å²) in [7, 11) is 0. The molecule has 2 heterocycles. The number of nitrogens with zero attached hydrogens (tertiary/aromatic N) is 1. The number of anilines is 1. The van der Waals surface area contributed by atoms with E-state index in [-0.39, 0.29) is 17.7 Å². The monoisotopic (exact) mass is 364 g/mol. The van der Waals surface area contributed by atoms with Gasteiger partial charge in [-0.15, -0.1) is 0 Å². The third kappa shape index (κ3) is 4.14. The first-order chi connectivity index (χ1) is 13.1. The molecule has 5 heteroatoms. The topological polar surface area (TPSA) is 69.8 Å². The largest absolute Gasteiger partial charge is 0.313 e. The molecule has 5 nitrogen and oxygen atoms in total. The van der Waals surface area contributed by atoms with Crippen LogP contribution in [-0.4, -0.2) is 29.2 Å². The van der Waals surface area contributed by atoms with Crippen molar-refractivity contribution in [1.82, 2.24) is 15.5 Å².